The van der Waals surface area contributed by atoms with Crippen LogP contribution >= 0.6 is 0 Å². The number of rotatable bonds is 8. The van der Waals surface area contributed by atoms with Gasteiger partial charge in [-0.15, -0.1) is 0 Å². The number of carbonyl (C=O) groups excluding carboxylic acids is 1. The lowest BCUT2D eigenvalue weighted by molar-refractivity contribution is -0.140. The molecule has 1 aliphatic rings. The molecule has 0 aliphatic carbocycles. The first-order chi connectivity index (χ1) is 19.8. The van der Waals surface area contributed by atoms with Crippen molar-refractivity contribution < 1.29 is 18.0 Å². The van der Waals surface area contributed by atoms with E-state index in [2.05, 4.69) is 27.1 Å². The summed E-state index contributed by atoms with van der Waals surface area (Å²) in [6.45, 7) is 7.24. The van der Waals surface area contributed by atoms with E-state index in [1.807, 2.05) is 56.8 Å². The maximum atomic E-state index is 13.5. The van der Waals surface area contributed by atoms with Crippen LogP contribution in [-0.4, -0.2) is 76.7 Å². The van der Waals surface area contributed by atoms with Gasteiger partial charge in [0.05, 0.1) is 36.9 Å². The van der Waals surface area contributed by atoms with Gasteiger partial charge >= 0.3 is 6.18 Å². The van der Waals surface area contributed by atoms with Gasteiger partial charge < -0.3 is 19.7 Å². The van der Waals surface area contributed by atoms with E-state index in [1.54, 1.807) is 24.5 Å². The summed E-state index contributed by atoms with van der Waals surface area (Å²) in [4.78, 5) is 24.9. The molecule has 1 saturated heterocycles. The molecule has 1 amide bonds. The number of piperidine rings is 1. The van der Waals surface area contributed by atoms with E-state index in [4.69, 9.17) is 0 Å². The van der Waals surface area contributed by atoms with E-state index < -0.39 is 12.7 Å². The number of carbonyl (C=O) groups is 1. The summed E-state index contributed by atoms with van der Waals surface area (Å²) >= 11 is 0. The van der Waals surface area contributed by atoms with Gasteiger partial charge in [0.1, 0.15) is 12.4 Å². The van der Waals surface area contributed by atoms with Crippen LogP contribution in [0.15, 0.2) is 36.7 Å². The summed E-state index contributed by atoms with van der Waals surface area (Å²) < 4.78 is 41.7. The SMILES string of the molecule is CN(C)CC(=O)N1CCC(CCc2ccc3c(c2)cc(C#CCNc2cnc(C(C)(C)C)nc2)n3CC(F)(F)F)CC1. The zero-order valence-corrected chi connectivity index (χ0v) is 25.2. The van der Waals surface area contributed by atoms with E-state index in [-0.39, 0.29) is 17.9 Å². The largest absolute Gasteiger partial charge is 0.406 e. The van der Waals surface area contributed by atoms with Crippen LogP contribution in [0.4, 0.5) is 18.9 Å². The second-order valence-electron chi connectivity index (χ2n) is 12.4. The van der Waals surface area contributed by atoms with Gasteiger partial charge in [0.2, 0.25) is 5.91 Å². The van der Waals surface area contributed by atoms with E-state index in [1.165, 1.54) is 4.57 Å². The van der Waals surface area contributed by atoms with Crippen LogP contribution in [0.1, 0.15) is 57.1 Å². The minimum absolute atomic E-state index is 0.158. The highest BCUT2D eigenvalue weighted by molar-refractivity contribution is 5.83. The Morgan fingerprint density at radius 2 is 1.79 bits per heavy atom. The summed E-state index contributed by atoms with van der Waals surface area (Å²) in [6.07, 6.45) is 2.79. The molecule has 10 heteroatoms. The zero-order chi connectivity index (χ0) is 30.5. The number of halogens is 3. The molecule has 0 atom stereocenters. The fourth-order valence-electron chi connectivity index (χ4n) is 5.23. The Morgan fingerprint density at radius 1 is 1.10 bits per heavy atom. The van der Waals surface area contributed by atoms with Crippen LogP contribution in [-0.2, 0) is 23.2 Å². The molecule has 0 bridgehead atoms. The topological polar surface area (TPSA) is 66.3 Å². The number of alkyl halides is 3. The Balaban J connectivity index is 1.40. The van der Waals surface area contributed by atoms with Gasteiger partial charge in [0, 0.05) is 29.4 Å². The number of hydrogen-bond acceptors (Lipinski definition) is 5. The lowest BCUT2D eigenvalue weighted by Gasteiger charge is -2.32. The third-order valence-corrected chi connectivity index (χ3v) is 7.48. The predicted octanol–water partition coefficient (Wildman–Crippen LogP) is 5.49. The molecule has 226 valence electrons. The van der Waals surface area contributed by atoms with Gasteiger partial charge in [0.25, 0.3) is 0 Å². The standard InChI is InChI=1S/C32H41F3N6O/c1-31(2,3)30-37-19-26(20-38-30)36-14-6-7-27-18-25-17-24(10-11-28(25)41(27)22-32(33,34)35)9-8-23-12-15-40(16-13-23)29(42)21-39(4)5/h10-11,17-20,23,36H,8-9,12-16,21-22H2,1-5H3. The normalized spacial score (nSPS) is 14.7. The highest BCUT2D eigenvalue weighted by Crippen LogP contribution is 2.28. The molecule has 0 unspecified atom stereocenters. The fourth-order valence-corrected chi connectivity index (χ4v) is 5.23. The smallest absolute Gasteiger partial charge is 0.372 e. The third kappa shape index (κ3) is 8.71. The zero-order valence-electron chi connectivity index (χ0n) is 25.2. The average molecular weight is 583 g/mol. The predicted molar refractivity (Wildman–Crippen MR) is 160 cm³/mol. The van der Waals surface area contributed by atoms with E-state index in [9.17, 15) is 18.0 Å². The first-order valence-electron chi connectivity index (χ1n) is 14.5. The third-order valence-electron chi connectivity index (χ3n) is 7.48. The molecule has 1 fully saturated rings. The van der Waals surface area contributed by atoms with Crippen molar-refractivity contribution in [1.29, 1.82) is 0 Å². The van der Waals surface area contributed by atoms with Gasteiger partial charge in [-0.05, 0) is 75.4 Å². The lowest BCUT2D eigenvalue weighted by Crippen LogP contribution is -2.42. The number of aromatic nitrogens is 3. The maximum Gasteiger partial charge on any atom is 0.406 e. The second kappa shape index (κ2) is 13.2. The molecule has 0 saturated carbocycles. The van der Waals surface area contributed by atoms with Crippen molar-refractivity contribution in [3.05, 3.63) is 53.7 Å². The quantitative estimate of drug-likeness (QED) is 0.356. The highest BCUT2D eigenvalue weighted by atomic mass is 19.4. The van der Waals surface area contributed by atoms with Gasteiger partial charge in [-0.2, -0.15) is 13.2 Å². The molecule has 0 radical (unpaired) electrons. The Hall–Kier alpha value is -3.58. The molecule has 1 aromatic carbocycles. The number of hydrogen-bond donors (Lipinski definition) is 1. The molecule has 0 spiro atoms. The van der Waals surface area contributed by atoms with Gasteiger partial charge in [-0.3, -0.25) is 4.79 Å². The first-order valence-corrected chi connectivity index (χ1v) is 14.5. The van der Waals surface area contributed by atoms with Crippen LogP contribution in [0.5, 0.6) is 0 Å². The average Bonchev–Trinajstić information content (AvgIpc) is 3.24. The summed E-state index contributed by atoms with van der Waals surface area (Å²) in [5.74, 6) is 7.32. The molecule has 42 heavy (non-hydrogen) atoms. The van der Waals surface area contributed by atoms with Gasteiger partial charge in [0.15, 0.2) is 0 Å². The van der Waals surface area contributed by atoms with Gasteiger partial charge in [-0.1, -0.05) is 32.8 Å². The minimum atomic E-state index is -4.37. The Labute approximate surface area is 246 Å². The molecular weight excluding hydrogens is 541 g/mol. The Kier molecular flexibility index (Phi) is 9.82. The molecule has 3 aromatic rings. The second-order valence-corrected chi connectivity index (χ2v) is 12.4. The van der Waals surface area contributed by atoms with E-state index in [0.29, 0.717) is 29.4 Å². The summed E-state index contributed by atoms with van der Waals surface area (Å²) in [6, 6.07) is 7.42. The van der Waals surface area contributed by atoms with Crippen molar-refractivity contribution in [3.63, 3.8) is 0 Å². The van der Waals surface area contributed by atoms with Crippen molar-refractivity contribution >= 4 is 22.5 Å². The lowest BCUT2D eigenvalue weighted by atomic mass is 9.90. The monoisotopic (exact) mass is 582 g/mol. The number of likely N-dealkylation sites (N-methyl/N-ethyl adjacent to an activating group) is 1. The number of amides is 1. The molecule has 1 aliphatic heterocycles. The number of nitrogens with one attached hydrogen (secondary N) is 1. The van der Waals surface area contributed by atoms with Crippen LogP contribution in [0.2, 0.25) is 0 Å². The number of aryl methyl sites for hydroxylation is 1. The van der Waals surface area contributed by atoms with Crippen molar-refractivity contribution in [2.75, 3.05) is 45.6 Å². The van der Waals surface area contributed by atoms with Crippen LogP contribution in [0.25, 0.3) is 10.9 Å². The van der Waals surface area contributed by atoms with Crippen molar-refractivity contribution in [2.24, 2.45) is 5.92 Å². The summed E-state index contributed by atoms with van der Waals surface area (Å²) in [5, 5.41) is 3.87. The van der Waals surface area contributed by atoms with Crippen molar-refractivity contribution in [1.82, 2.24) is 24.3 Å². The Bertz CT molecular complexity index is 1420. The first kappa shape index (κ1) is 31.4. The van der Waals surface area contributed by atoms with Crippen LogP contribution in [0.3, 0.4) is 0 Å². The number of anilines is 1. The van der Waals surface area contributed by atoms with Gasteiger partial charge in [-0.25, -0.2) is 9.97 Å². The number of fused-ring (bicyclic) bond motifs is 1. The van der Waals surface area contributed by atoms with E-state index in [0.717, 1.165) is 55.5 Å². The van der Waals surface area contributed by atoms with E-state index >= 15 is 0 Å². The summed E-state index contributed by atoms with van der Waals surface area (Å²) in [7, 11) is 3.80. The maximum absolute atomic E-state index is 13.5. The van der Waals surface area contributed by atoms with Crippen LogP contribution < -0.4 is 5.32 Å². The summed E-state index contributed by atoms with van der Waals surface area (Å²) in [5.41, 5.74) is 2.48. The molecule has 1 N–H and O–H groups in total. The minimum Gasteiger partial charge on any atom is -0.372 e. The number of likely N-dealkylation sites (tertiary alicyclic amines) is 1. The molecule has 3 heterocycles. The van der Waals surface area contributed by atoms with Crippen molar-refractivity contribution in [3.8, 4) is 11.8 Å². The molecular formula is C32H41F3N6O. The fraction of sp³-hybridized carbons (Fsp3) is 0.531. The van der Waals surface area contributed by atoms with Crippen molar-refractivity contribution in [2.45, 2.75) is 64.6 Å². The molecule has 4 rings (SSSR count). The Morgan fingerprint density at radius 3 is 2.40 bits per heavy atom. The molecule has 7 nitrogen and oxygen atoms in total. The number of nitrogens with zero attached hydrogens (tertiary/aromatic N) is 5. The van der Waals surface area contributed by atoms with Crippen LogP contribution in [0, 0.1) is 17.8 Å². The number of benzene rings is 1. The highest BCUT2D eigenvalue weighted by Gasteiger charge is 2.30. The molecule has 2 aromatic heterocycles.